The summed E-state index contributed by atoms with van der Waals surface area (Å²) in [5.41, 5.74) is 4.22. The Balaban J connectivity index is 1.56. The average Bonchev–Trinajstić information content (AvgIpc) is 2.77. The van der Waals surface area contributed by atoms with E-state index in [2.05, 4.69) is 21.4 Å². The number of nitrogens with one attached hydrogen (secondary N) is 1. The number of hydrogen-bond donors (Lipinski definition) is 1. The highest BCUT2D eigenvalue weighted by Gasteiger charge is 2.29. The van der Waals surface area contributed by atoms with Crippen LogP contribution in [0.4, 0.5) is 0 Å². The van der Waals surface area contributed by atoms with Gasteiger partial charge in [-0.15, -0.1) is 0 Å². The number of aromatic nitrogens is 3. The Morgan fingerprint density at radius 3 is 2.52 bits per heavy atom. The minimum Gasteiger partial charge on any atom is -0.343 e. The van der Waals surface area contributed by atoms with Crippen LogP contribution in [0.3, 0.4) is 0 Å². The molecular formula is C25H21ClN4O. The number of halogens is 1. The summed E-state index contributed by atoms with van der Waals surface area (Å²) in [5, 5.41) is 4.46. The molecule has 2 heterocycles. The van der Waals surface area contributed by atoms with E-state index in [1.54, 1.807) is 12.4 Å². The van der Waals surface area contributed by atoms with Crippen molar-refractivity contribution in [1.82, 2.24) is 20.3 Å². The molecule has 0 radical (unpaired) electrons. The van der Waals surface area contributed by atoms with E-state index in [0.717, 1.165) is 47.0 Å². The Labute approximate surface area is 185 Å². The van der Waals surface area contributed by atoms with Crippen molar-refractivity contribution in [2.45, 2.75) is 25.3 Å². The molecule has 2 aromatic carbocycles. The third-order valence-corrected chi connectivity index (χ3v) is 6.13. The van der Waals surface area contributed by atoms with Crippen LogP contribution in [0.25, 0.3) is 22.2 Å². The Hall–Kier alpha value is -3.31. The van der Waals surface area contributed by atoms with Crippen LogP contribution in [0.2, 0.25) is 5.15 Å². The van der Waals surface area contributed by atoms with Gasteiger partial charge in [0.1, 0.15) is 5.69 Å². The van der Waals surface area contributed by atoms with Gasteiger partial charge < -0.3 is 5.32 Å². The van der Waals surface area contributed by atoms with Crippen LogP contribution in [0.15, 0.2) is 73.1 Å². The van der Waals surface area contributed by atoms with Crippen LogP contribution in [-0.2, 0) is 4.79 Å². The molecular weight excluding hydrogens is 408 g/mol. The lowest BCUT2D eigenvalue weighted by molar-refractivity contribution is -0.127. The standard InChI is InChI=1S/C25H21ClN4O/c26-24-23(27-13-14-28-24)22(30-25(31)18-7-4-8-18)19-10-9-17-11-12-20(29-21(17)15-19)16-5-2-1-3-6-16/h1-3,5-6,9-15,18,22H,4,7-8H2,(H,30,31)/t22-/m1/s1. The molecule has 1 fully saturated rings. The maximum atomic E-state index is 12.8. The van der Waals surface area contributed by atoms with Gasteiger partial charge >= 0.3 is 0 Å². The summed E-state index contributed by atoms with van der Waals surface area (Å²) in [6.45, 7) is 0. The summed E-state index contributed by atoms with van der Waals surface area (Å²) in [7, 11) is 0. The van der Waals surface area contributed by atoms with Crippen LogP contribution in [0.5, 0.6) is 0 Å². The lowest BCUT2D eigenvalue weighted by Gasteiger charge is -2.27. The normalized spacial score (nSPS) is 14.7. The largest absolute Gasteiger partial charge is 0.343 e. The Morgan fingerprint density at radius 1 is 1.00 bits per heavy atom. The van der Waals surface area contributed by atoms with Crippen molar-refractivity contribution in [3.63, 3.8) is 0 Å². The summed E-state index contributed by atoms with van der Waals surface area (Å²) in [4.78, 5) is 26.2. The van der Waals surface area contributed by atoms with Crippen LogP contribution >= 0.6 is 11.6 Å². The van der Waals surface area contributed by atoms with E-state index in [9.17, 15) is 4.79 Å². The lowest BCUT2D eigenvalue weighted by Crippen LogP contribution is -2.37. The quantitative estimate of drug-likeness (QED) is 0.465. The first kappa shape index (κ1) is 19.6. The van der Waals surface area contributed by atoms with E-state index in [-0.39, 0.29) is 17.0 Å². The van der Waals surface area contributed by atoms with Crippen molar-refractivity contribution >= 4 is 28.4 Å². The second kappa shape index (κ2) is 8.44. The highest BCUT2D eigenvalue weighted by Crippen LogP contribution is 2.31. The fraction of sp³-hybridized carbons (Fsp3) is 0.200. The number of benzene rings is 2. The van der Waals surface area contributed by atoms with Gasteiger partial charge in [-0.25, -0.2) is 9.97 Å². The van der Waals surface area contributed by atoms with Gasteiger partial charge in [-0.05, 0) is 30.5 Å². The number of pyridine rings is 1. The van der Waals surface area contributed by atoms with Crippen molar-refractivity contribution in [2.24, 2.45) is 5.92 Å². The SMILES string of the molecule is O=C(N[C@H](c1ccc2ccc(-c3ccccc3)nc2c1)c1nccnc1Cl)C1CCC1. The molecule has 0 unspecified atom stereocenters. The Kier molecular flexibility index (Phi) is 5.35. The van der Waals surface area contributed by atoms with Gasteiger partial charge in [0.25, 0.3) is 0 Å². The summed E-state index contributed by atoms with van der Waals surface area (Å²) < 4.78 is 0. The molecule has 2 aromatic heterocycles. The fourth-order valence-electron chi connectivity index (χ4n) is 3.85. The molecule has 0 saturated heterocycles. The van der Waals surface area contributed by atoms with Crippen molar-refractivity contribution < 1.29 is 4.79 Å². The van der Waals surface area contributed by atoms with Crippen LogP contribution in [-0.4, -0.2) is 20.9 Å². The molecule has 4 aromatic rings. The van der Waals surface area contributed by atoms with Crippen molar-refractivity contribution in [1.29, 1.82) is 0 Å². The van der Waals surface area contributed by atoms with Crippen molar-refractivity contribution in [3.05, 3.63) is 89.5 Å². The lowest BCUT2D eigenvalue weighted by atomic mass is 9.84. The smallest absolute Gasteiger partial charge is 0.223 e. The molecule has 6 heteroatoms. The third kappa shape index (κ3) is 4.01. The maximum absolute atomic E-state index is 12.8. The molecule has 1 N–H and O–H groups in total. The second-order valence-electron chi connectivity index (χ2n) is 7.82. The zero-order valence-corrected chi connectivity index (χ0v) is 17.6. The molecule has 1 amide bonds. The molecule has 154 valence electrons. The van der Waals surface area contributed by atoms with Gasteiger partial charge in [-0.1, -0.05) is 66.6 Å². The van der Waals surface area contributed by atoms with E-state index in [1.165, 1.54) is 0 Å². The minimum absolute atomic E-state index is 0.0315. The van der Waals surface area contributed by atoms with Gasteiger partial charge in [0.05, 0.1) is 17.3 Å². The number of carbonyl (C=O) groups excluding carboxylic acids is 1. The third-order valence-electron chi connectivity index (χ3n) is 5.83. The summed E-state index contributed by atoms with van der Waals surface area (Å²) >= 11 is 6.36. The molecule has 0 spiro atoms. The number of rotatable bonds is 5. The zero-order valence-electron chi connectivity index (χ0n) is 16.8. The summed E-state index contributed by atoms with van der Waals surface area (Å²) in [6, 6.07) is 19.7. The number of nitrogens with zero attached hydrogens (tertiary/aromatic N) is 3. The fourth-order valence-corrected chi connectivity index (χ4v) is 4.06. The number of hydrogen-bond acceptors (Lipinski definition) is 4. The van der Waals surface area contributed by atoms with Crippen molar-refractivity contribution in [2.75, 3.05) is 0 Å². The topological polar surface area (TPSA) is 67.8 Å². The first-order valence-electron chi connectivity index (χ1n) is 10.4. The first-order chi connectivity index (χ1) is 15.2. The predicted octanol–water partition coefficient (Wildman–Crippen LogP) is 5.35. The van der Waals surface area contributed by atoms with E-state index >= 15 is 0 Å². The summed E-state index contributed by atoms with van der Waals surface area (Å²) in [6.07, 6.45) is 6.08. The van der Waals surface area contributed by atoms with Gasteiger partial charge in [0.2, 0.25) is 5.91 Å². The maximum Gasteiger partial charge on any atom is 0.223 e. The van der Waals surface area contributed by atoms with E-state index in [0.29, 0.717) is 5.69 Å². The minimum atomic E-state index is -0.485. The van der Waals surface area contributed by atoms with Crippen LogP contribution < -0.4 is 5.32 Å². The first-order valence-corrected chi connectivity index (χ1v) is 10.8. The Morgan fingerprint density at radius 2 is 1.77 bits per heavy atom. The molecule has 1 saturated carbocycles. The van der Waals surface area contributed by atoms with E-state index in [4.69, 9.17) is 16.6 Å². The molecule has 1 atom stereocenters. The Bertz CT molecular complexity index is 1240. The molecule has 31 heavy (non-hydrogen) atoms. The van der Waals surface area contributed by atoms with Crippen molar-refractivity contribution in [3.8, 4) is 11.3 Å². The van der Waals surface area contributed by atoms with E-state index in [1.807, 2.05) is 54.6 Å². The monoisotopic (exact) mass is 428 g/mol. The second-order valence-corrected chi connectivity index (χ2v) is 8.17. The predicted molar refractivity (Wildman–Crippen MR) is 122 cm³/mol. The molecule has 0 bridgehead atoms. The highest BCUT2D eigenvalue weighted by molar-refractivity contribution is 6.30. The molecule has 1 aliphatic carbocycles. The summed E-state index contributed by atoms with van der Waals surface area (Å²) in [5.74, 6) is 0.0882. The van der Waals surface area contributed by atoms with E-state index < -0.39 is 6.04 Å². The van der Waals surface area contributed by atoms with Gasteiger partial charge in [-0.2, -0.15) is 0 Å². The number of fused-ring (bicyclic) bond motifs is 1. The van der Waals surface area contributed by atoms with Gasteiger partial charge in [0.15, 0.2) is 5.15 Å². The molecule has 5 rings (SSSR count). The van der Waals surface area contributed by atoms with Gasteiger partial charge in [-0.3, -0.25) is 9.78 Å². The zero-order chi connectivity index (χ0) is 21.2. The molecule has 0 aliphatic heterocycles. The highest BCUT2D eigenvalue weighted by atomic mass is 35.5. The van der Waals surface area contributed by atoms with Gasteiger partial charge in [0, 0.05) is 29.3 Å². The van der Waals surface area contributed by atoms with Crippen LogP contribution in [0, 0.1) is 5.92 Å². The molecule has 5 nitrogen and oxygen atoms in total. The molecule has 1 aliphatic rings. The number of carbonyl (C=O) groups is 1. The number of amides is 1. The average molecular weight is 429 g/mol. The van der Waals surface area contributed by atoms with Crippen LogP contribution in [0.1, 0.15) is 36.6 Å².